The van der Waals surface area contributed by atoms with Crippen molar-refractivity contribution < 1.29 is 19.7 Å². The Balaban J connectivity index is 2.34. The summed E-state index contributed by atoms with van der Waals surface area (Å²) in [5, 5.41) is 20.2. The summed E-state index contributed by atoms with van der Waals surface area (Å²) < 4.78 is 5.92. The van der Waals surface area contributed by atoms with E-state index < -0.39 is 17.6 Å². The first-order chi connectivity index (χ1) is 10.9. The molecular formula is C16H17BrN2O4. The van der Waals surface area contributed by atoms with Crippen LogP contribution in [0.3, 0.4) is 0 Å². The Morgan fingerprint density at radius 3 is 2.61 bits per heavy atom. The fourth-order valence-electron chi connectivity index (χ4n) is 2.22. The fraction of sp³-hybridized carbons (Fsp3) is 0.250. The van der Waals surface area contributed by atoms with E-state index in [9.17, 15) is 15.0 Å². The Morgan fingerprint density at radius 2 is 2.04 bits per heavy atom. The molecular weight excluding hydrogens is 364 g/mol. The lowest BCUT2D eigenvalue weighted by molar-refractivity contribution is -0.161. The monoisotopic (exact) mass is 380 g/mol. The van der Waals surface area contributed by atoms with Crippen molar-refractivity contribution in [2.45, 2.75) is 18.1 Å². The first-order valence-corrected chi connectivity index (χ1v) is 7.62. The highest BCUT2D eigenvalue weighted by Crippen LogP contribution is 2.29. The van der Waals surface area contributed by atoms with E-state index in [1.165, 1.54) is 13.3 Å². The van der Waals surface area contributed by atoms with Crippen molar-refractivity contribution in [1.82, 2.24) is 4.98 Å². The lowest BCUT2D eigenvalue weighted by atomic mass is 9.85. The maximum Gasteiger partial charge on any atom is 0.338 e. The topological polar surface area (TPSA) is 106 Å². The molecule has 0 aliphatic heterocycles. The summed E-state index contributed by atoms with van der Waals surface area (Å²) in [6, 6.07) is 8.91. The summed E-state index contributed by atoms with van der Waals surface area (Å²) in [6.07, 6.45) is 1.25. The quantitative estimate of drug-likeness (QED) is 0.706. The molecule has 2 rings (SSSR count). The van der Waals surface area contributed by atoms with E-state index in [1.807, 2.05) is 0 Å². The first-order valence-electron chi connectivity index (χ1n) is 6.82. The number of carboxylic acids is 1. The molecule has 23 heavy (non-hydrogen) atoms. The van der Waals surface area contributed by atoms with E-state index in [1.54, 1.807) is 36.4 Å². The Morgan fingerprint density at radius 1 is 1.39 bits per heavy atom. The predicted molar refractivity (Wildman–Crippen MR) is 88.1 cm³/mol. The molecule has 0 bridgehead atoms. The number of nitrogens with zero attached hydrogens (tertiary/aromatic N) is 1. The van der Waals surface area contributed by atoms with Crippen LogP contribution in [-0.2, 0) is 11.2 Å². The molecule has 1 aromatic carbocycles. The van der Waals surface area contributed by atoms with Gasteiger partial charge in [0.2, 0.25) is 0 Å². The zero-order valence-corrected chi connectivity index (χ0v) is 14.0. The minimum Gasteiger partial charge on any atom is -0.497 e. The van der Waals surface area contributed by atoms with Gasteiger partial charge in [0.25, 0.3) is 0 Å². The van der Waals surface area contributed by atoms with E-state index in [-0.39, 0.29) is 6.42 Å². The van der Waals surface area contributed by atoms with Crippen LogP contribution >= 0.6 is 15.9 Å². The normalized spacial score (nSPS) is 14.8. The summed E-state index contributed by atoms with van der Waals surface area (Å²) in [6.45, 7) is 0. The number of rotatable bonds is 6. The van der Waals surface area contributed by atoms with Gasteiger partial charge in [-0.1, -0.05) is 28.1 Å². The number of hydrogen-bond donors (Lipinski definition) is 3. The van der Waals surface area contributed by atoms with Crippen LogP contribution in [0.15, 0.2) is 47.1 Å². The van der Waals surface area contributed by atoms with Crippen molar-refractivity contribution in [3.05, 3.63) is 58.3 Å². The second kappa shape index (κ2) is 7.08. The highest BCUT2D eigenvalue weighted by molar-refractivity contribution is 9.10. The molecule has 0 unspecified atom stereocenters. The van der Waals surface area contributed by atoms with Crippen molar-refractivity contribution in [3.63, 3.8) is 0 Å². The smallest absolute Gasteiger partial charge is 0.338 e. The van der Waals surface area contributed by atoms with Crippen LogP contribution < -0.4 is 10.5 Å². The average molecular weight is 381 g/mol. The molecule has 0 spiro atoms. The van der Waals surface area contributed by atoms with Gasteiger partial charge in [-0.3, -0.25) is 4.98 Å². The number of carboxylic acid groups (broad SMARTS) is 1. The van der Waals surface area contributed by atoms with Gasteiger partial charge in [-0.05, 0) is 23.8 Å². The number of benzene rings is 1. The third-order valence-corrected chi connectivity index (χ3v) is 4.12. The van der Waals surface area contributed by atoms with Crippen molar-refractivity contribution in [2.75, 3.05) is 7.11 Å². The molecule has 1 aromatic heterocycles. The van der Waals surface area contributed by atoms with Gasteiger partial charge in [-0.2, -0.15) is 0 Å². The van der Waals surface area contributed by atoms with Crippen LogP contribution in [0.5, 0.6) is 5.75 Å². The number of pyridine rings is 1. The largest absolute Gasteiger partial charge is 0.497 e. The third kappa shape index (κ3) is 3.87. The van der Waals surface area contributed by atoms with Gasteiger partial charge in [0, 0.05) is 28.9 Å². The molecule has 6 nitrogen and oxygen atoms in total. The van der Waals surface area contributed by atoms with Crippen LogP contribution in [-0.4, -0.2) is 33.9 Å². The van der Waals surface area contributed by atoms with Crippen LogP contribution in [0.2, 0.25) is 0 Å². The molecule has 0 aliphatic rings. The summed E-state index contributed by atoms with van der Waals surface area (Å²) in [4.78, 5) is 15.7. The van der Waals surface area contributed by atoms with Crippen LogP contribution in [0.4, 0.5) is 0 Å². The number of carbonyl (C=O) groups is 1. The Labute approximate surface area is 142 Å². The summed E-state index contributed by atoms with van der Waals surface area (Å²) >= 11 is 3.30. The molecule has 2 atom stereocenters. The first kappa shape index (κ1) is 17.4. The number of aromatic nitrogens is 1. The van der Waals surface area contributed by atoms with Gasteiger partial charge < -0.3 is 20.7 Å². The van der Waals surface area contributed by atoms with Crippen LogP contribution in [0.1, 0.15) is 17.3 Å². The molecule has 0 saturated heterocycles. The number of hydrogen-bond acceptors (Lipinski definition) is 5. The Bertz CT molecular complexity index is 693. The molecule has 0 radical (unpaired) electrons. The highest BCUT2D eigenvalue weighted by atomic mass is 79.9. The van der Waals surface area contributed by atoms with Gasteiger partial charge in [0.1, 0.15) is 5.75 Å². The average Bonchev–Trinajstić information content (AvgIpc) is 2.54. The fourth-order valence-corrected chi connectivity index (χ4v) is 2.48. The molecule has 0 aliphatic carbocycles. The number of halogens is 1. The molecule has 2 aromatic rings. The van der Waals surface area contributed by atoms with Gasteiger partial charge in [0.05, 0.1) is 13.2 Å². The second-order valence-corrected chi connectivity index (χ2v) is 6.04. The summed E-state index contributed by atoms with van der Waals surface area (Å²) in [7, 11) is 1.50. The summed E-state index contributed by atoms with van der Waals surface area (Å²) in [5.74, 6) is -0.877. The molecule has 1 heterocycles. The van der Waals surface area contributed by atoms with E-state index in [0.29, 0.717) is 17.0 Å². The lowest BCUT2D eigenvalue weighted by Crippen LogP contribution is -2.50. The van der Waals surface area contributed by atoms with Gasteiger partial charge in [0.15, 0.2) is 5.60 Å². The van der Waals surface area contributed by atoms with Crippen LogP contribution in [0, 0.1) is 0 Å². The van der Waals surface area contributed by atoms with E-state index in [4.69, 9.17) is 10.5 Å². The number of ether oxygens (including phenoxy) is 1. The van der Waals surface area contributed by atoms with E-state index in [2.05, 4.69) is 20.9 Å². The van der Waals surface area contributed by atoms with E-state index in [0.717, 1.165) is 4.47 Å². The van der Waals surface area contributed by atoms with Crippen molar-refractivity contribution in [3.8, 4) is 5.75 Å². The molecule has 0 fully saturated rings. The molecule has 0 saturated carbocycles. The minimum atomic E-state index is -2.19. The van der Waals surface area contributed by atoms with Crippen molar-refractivity contribution in [1.29, 1.82) is 0 Å². The molecule has 122 valence electrons. The Kier molecular flexibility index (Phi) is 5.35. The number of methoxy groups -OCH3 is 1. The maximum absolute atomic E-state index is 11.7. The molecule has 0 amide bonds. The molecule has 4 N–H and O–H groups in total. The highest BCUT2D eigenvalue weighted by Gasteiger charge is 2.43. The van der Waals surface area contributed by atoms with Crippen molar-refractivity contribution in [2.24, 2.45) is 5.73 Å². The maximum atomic E-state index is 11.7. The Hall–Kier alpha value is -1.96. The second-order valence-electron chi connectivity index (χ2n) is 5.12. The third-order valence-electron chi connectivity index (χ3n) is 3.59. The number of nitrogens with two attached hydrogens (primary N) is 1. The lowest BCUT2D eigenvalue weighted by Gasteiger charge is -2.30. The van der Waals surface area contributed by atoms with Crippen molar-refractivity contribution >= 4 is 21.9 Å². The SMILES string of the molecule is COc1ccnc(C[C@](O)(C(=O)O)[C@@H](N)c2ccc(Br)cc2)c1. The number of aliphatic hydroxyl groups is 1. The number of aliphatic carboxylic acids is 1. The zero-order valence-electron chi connectivity index (χ0n) is 12.4. The van der Waals surface area contributed by atoms with Gasteiger partial charge >= 0.3 is 5.97 Å². The molecule has 7 heteroatoms. The van der Waals surface area contributed by atoms with Crippen LogP contribution in [0.25, 0.3) is 0 Å². The minimum absolute atomic E-state index is 0.239. The predicted octanol–water partition coefficient (Wildman–Crippen LogP) is 1.91. The zero-order chi connectivity index (χ0) is 17.0. The standard InChI is InChI=1S/C16H17BrN2O4/c1-23-13-6-7-19-12(8-13)9-16(22,15(20)21)14(18)10-2-4-11(17)5-3-10/h2-8,14,22H,9,18H2,1H3,(H,20,21)/t14-,16+/m0/s1. The van der Waals surface area contributed by atoms with E-state index >= 15 is 0 Å². The van der Waals surface area contributed by atoms with Gasteiger partial charge in [-0.15, -0.1) is 0 Å². The van der Waals surface area contributed by atoms with Gasteiger partial charge in [-0.25, -0.2) is 4.79 Å². The summed E-state index contributed by atoms with van der Waals surface area (Å²) in [5.41, 5.74) is 4.74.